The minimum absolute atomic E-state index is 0.174. The third-order valence-electron chi connectivity index (χ3n) is 4.76. The maximum Gasteiger partial charge on any atom is 0.272 e. The highest BCUT2D eigenvalue weighted by molar-refractivity contribution is 5.94. The number of carbonyl (C=O) groups is 1. The number of rotatable bonds is 4. The molecule has 1 aromatic heterocycles. The fourth-order valence-corrected chi connectivity index (χ4v) is 3.48. The molecule has 4 rings (SSSR count). The van der Waals surface area contributed by atoms with Gasteiger partial charge in [0.05, 0.1) is 7.11 Å². The normalized spacial score (nSPS) is 18.2. The maximum absolute atomic E-state index is 12.5. The van der Waals surface area contributed by atoms with Gasteiger partial charge in [0.25, 0.3) is 5.91 Å². The molecule has 7 nitrogen and oxygen atoms in total. The van der Waals surface area contributed by atoms with E-state index in [1.54, 1.807) is 7.11 Å². The van der Waals surface area contributed by atoms with E-state index in [-0.39, 0.29) is 12.0 Å². The van der Waals surface area contributed by atoms with Crippen LogP contribution in [-0.2, 0) is 25.9 Å². The van der Waals surface area contributed by atoms with Crippen molar-refractivity contribution < 1.29 is 14.3 Å². The molecule has 132 valence electrons. The number of H-pyrrole nitrogens is 1. The summed E-state index contributed by atoms with van der Waals surface area (Å²) in [6.45, 7) is 3.98. The molecule has 1 aromatic carbocycles. The van der Waals surface area contributed by atoms with Crippen molar-refractivity contribution in [1.29, 1.82) is 0 Å². The number of ether oxygens (including phenoxy) is 2. The smallest absolute Gasteiger partial charge is 0.272 e. The standard InChI is InChI=1S/C18H22N4O3/c1-10-5-11-6-15(24-2)12(7-16(11)25-10)8-20-18(23)17-13-9-19-4-3-14(13)21-22-17/h6-7,10,19H,3-5,8-9H2,1-2H3,(H,20,23)(H,21,22). The molecular weight excluding hydrogens is 320 g/mol. The average molecular weight is 342 g/mol. The lowest BCUT2D eigenvalue weighted by atomic mass is 10.1. The number of benzene rings is 1. The number of amides is 1. The molecule has 0 aliphatic carbocycles. The Morgan fingerprint density at radius 2 is 2.36 bits per heavy atom. The summed E-state index contributed by atoms with van der Waals surface area (Å²) in [7, 11) is 1.64. The summed E-state index contributed by atoms with van der Waals surface area (Å²) < 4.78 is 11.3. The van der Waals surface area contributed by atoms with Crippen LogP contribution in [0.5, 0.6) is 11.5 Å². The highest BCUT2D eigenvalue weighted by Crippen LogP contribution is 2.35. The fraction of sp³-hybridized carbons (Fsp3) is 0.444. The molecule has 0 fully saturated rings. The average Bonchev–Trinajstić information content (AvgIpc) is 3.20. The van der Waals surface area contributed by atoms with Gasteiger partial charge in [-0.05, 0) is 19.1 Å². The molecule has 1 atom stereocenters. The van der Waals surface area contributed by atoms with Crippen LogP contribution in [0.3, 0.4) is 0 Å². The molecule has 3 heterocycles. The third-order valence-corrected chi connectivity index (χ3v) is 4.76. The molecule has 0 saturated heterocycles. The molecule has 0 saturated carbocycles. The van der Waals surface area contributed by atoms with E-state index < -0.39 is 0 Å². The number of hydrogen-bond donors (Lipinski definition) is 3. The highest BCUT2D eigenvalue weighted by atomic mass is 16.5. The SMILES string of the molecule is COc1cc2c(cc1CNC(=O)c1n[nH]c3c1CNCC3)OC(C)C2. The minimum Gasteiger partial charge on any atom is -0.496 e. The van der Waals surface area contributed by atoms with Crippen LogP contribution >= 0.6 is 0 Å². The lowest BCUT2D eigenvalue weighted by Gasteiger charge is -2.14. The van der Waals surface area contributed by atoms with E-state index in [0.29, 0.717) is 18.8 Å². The van der Waals surface area contributed by atoms with E-state index in [2.05, 4.69) is 20.8 Å². The lowest BCUT2D eigenvalue weighted by molar-refractivity contribution is 0.0944. The van der Waals surface area contributed by atoms with Crippen molar-refractivity contribution in [3.05, 3.63) is 40.2 Å². The first-order chi connectivity index (χ1) is 12.2. The van der Waals surface area contributed by atoms with Gasteiger partial charge < -0.3 is 20.1 Å². The predicted octanol–water partition coefficient (Wildman–Crippen LogP) is 1.32. The summed E-state index contributed by atoms with van der Waals surface area (Å²) >= 11 is 0. The molecule has 1 amide bonds. The van der Waals surface area contributed by atoms with Gasteiger partial charge in [-0.15, -0.1) is 0 Å². The van der Waals surface area contributed by atoms with E-state index >= 15 is 0 Å². The van der Waals surface area contributed by atoms with E-state index in [1.807, 2.05) is 19.1 Å². The number of hydrogen-bond acceptors (Lipinski definition) is 5. The Morgan fingerprint density at radius 3 is 3.20 bits per heavy atom. The highest BCUT2D eigenvalue weighted by Gasteiger charge is 2.24. The topological polar surface area (TPSA) is 88.3 Å². The van der Waals surface area contributed by atoms with Gasteiger partial charge in [-0.25, -0.2) is 0 Å². The van der Waals surface area contributed by atoms with Crippen LogP contribution < -0.4 is 20.1 Å². The molecule has 7 heteroatoms. The molecule has 2 aromatic rings. The maximum atomic E-state index is 12.5. The van der Waals surface area contributed by atoms with Gasteiger partial charge in [-0.1, -0.05) is 0 Å². The summed E-state index contributed by atoms with van der Waals surface area (Å²) in [6.07, 6.45) is 1.92. The van der Waals surface area contributed by atoms with Crippen LogP contribution in [0.1, 0.15) is 39.8 Å². The molecule has 0 radical (unpaired) electrons. The second-order valence-electron chi connectivity index (χ2n) is 6.54. The first-order valence-corrected chi connectivity index (χ1v) is 8.57. The minimum atomic E-state index is -0.182. The largest absolute Gasteiger partial charge is 0.496 e. The second kappa shape index (κ2) is 6.40. The van der Waals surface area contributed by atoms with Crippen LogP contribution in [0.4, 0.5) is 0 Å². The van der Waals surface area contributed by atoms with Crippen LogP contribution in [0.25, 0.3) is 0 Å². The zero-order valence-electron chi connectivity index (χ0n) is 14.4. The molecule has 1 unspecified atom stereocenters. The summed E-state index contributed by atoms with van der Waals surface area (Å²) in [5, 5.41) is 13.4. The molecule has 25 heavy (non-hydrogen) atoms. The van der Waals surface area contributed by atoms with E-state index in [9.17, 15) is 4.79 Å². The second-order valence-corrected chi connectivity index (χ2v) is 6.54. The molecule has 0 spiro atoms. The third kappa shape index (κ3) is 2.95. The predicted molar refractivity (Wildman–Crippen MR) is 92.0 cm³/mol. The summed E-state index contributed by atoms with van der Waals surface area (Å²) in [6, 6.07) is 3.96. The number of nitrogens with zero attached hydrogens (tertiary/aromatic N) is 1. The first-order valence-electron chi connectivity index (χ1n) is 8.57. The Bertz CT molecular complexity index is 815. The Kier molecular flexibility index (Phi) is 4.09. The Morgan fingerprint density at radius 1 is 1.48 bits per heavy atom. The van der Waals surface area contributed by atoms with Crippen LogP contribution in [0.2, 0.25) is 0 Å². The van der Waals surface area contributed by atoms with Crippen molar-refractivity contribution in [3.63, 3.8) is 0 Å². The number of aromatic amines is 1. The van der Waals surface area contributed by atoms with Gasteiger partial charge in [-0.3, -0.25) is 9.89 Å². The van der Waals surface area contributed by atoms with Crippen molar-refractivity contribution in [2.45, 2.75) is 39.0 Å². The number of nitrogens with one attached hydrogen (secondary N) is 3. The van der Waals surface area contributed by atoms with E-state index in [1.165, 1.54) is 0 Å². The zero-order valence-corrected chi connectivity index (χ0v) is 14.4. The van der Waals surface area contributed by atoms with Crippen LogP contribution in [-0.4, -0.2) is 35.9 Å². The molecular formula is C18H22N4O3. The Labute approximate surface area is 146 Å². The number of aromatic nitrogens is 2. The van der Waals surface area contributed by atoms with Crippen molar-refractivity contribution in [3.8, 4) is 11.5 Å². The van der Waals surface area contributed by atoms with Gasteiger partial charge in [0.15, 0.2) is 5.69 Å². The number of methoxy groups -OCH3 is 1. The molecule has 2 aliphatic rings. The number of carbonyl (C=O) groups excluding carboxylic acids is 1. The quantitative estimate of drug-likeness (QED) is 0.780. The molecule has 0 bridgehead atoms. The molecule has 2 aliphatic heterocycles. The van der Waals surface area contributed by atoms with Gasteiger partial charge in [0.1, 0.15) is 17.6 Å². The Balaban J connectivity index is 1.51. The van der Waals surface area contributed by atoms with Crippen molar-refractivity contribution in [1.82, 2.24) is 20.8 Å². The molecule has 3 N–H and O–H groups in total. The summed E-state index contributed by atoms with van der Waals surface area (Å²) in [4.78, 5) is 12.5. The Hall–Kier alpha value is -2.54. The van der Waals surface area contributed by atoms with Crippen molar-refractivity contribution in [2.75, 3.05) is 13.7 Å². The number of fused-ring (bicyclic) bond motifs is 2. The zero-order chi connectivity index (χ0) is 17.4. The van der Waals surface area contributed by atoms with Gasteiger partial charge in [-0.2, -0.15) is 5.10 Å². The van der Waals surface area contributed by atoms with Crippen LogP contribution in [0, 0.1) is 0 Å². The van der Waals surface area contributed by atoms with Gasteiger partial charge in [0, 0.05) is 54.9 Å². The monoisotopic (exact) mass is 342 g/mol. The summed E-state index contributed by atoms with van der Waals surface area (Å²) in [5.41, 5.74) is 4.51. The van der Waals surface area contributed by atoms with E-state index in [4.69, 9.17) is 9.47 Å². The van der Waals surface area contributed by atoms with Crippen molar-refractivity contribution in [2.24, 2.45) is 0 Å². The fourth-order valence-electron chi connectivity index (χ4n) is 3.48. The summed E-state index contributed by atoms with van der Waals surface area (Å²) in [5.74, 6) is 1.46. The van der Waals surface area contributed by atoms with Crippen molar-refractivity contribution >= 4 is 5.91 Å². The first kappa shape index (κ1) is 16.0. The van der Waals surface area contributed by atoms with Gasteiger partial charge >= 0.3 is 0 Å². The lowest BCUT2D eigenvalue weighted by Crippen LogP contribution is -2.28. The van der Waals surface area contributed by atoms with Crippen LogP contribution in [0.15, 0.2) is 12.1 Å². The van der Waals surface area contributed by atoms with E-state index in [0.717, 1.165) is 53.3 Å². The van der Waals surface area contributed by atoms with Gasteiger partial charge in [0.2, 0.25) is 0 Å².